The first-order valence-corrected chi connectivity index (χ1v) is 12.7. The molecule has 3 aromatic carbocycles. The van der Waals surface area contributed by atoms with E-state index in [0.717, 1.165) is 16.9 Å². The topological polar surface area (TPSA) is 80.3 Å². The van der Waals surface area contributed by atoms with Gasteiger partial charge < -0.3 is 24.4 Å². The summed E-state index contributed by atoms with van der Waals surface area (Å²) < 4.78 is 16.3. The Morgan fingerprint density at radius 3 is 2.29 bits per heavy atom. The van der Waals surface area contributed by atoms with Crippen LogP contribution in [-0.2, 0) is 22.7 Å². The standard InChI is InChI=1S/C29H31N3O5S/c1-4-37-23-13-11-22(12-14-23)30-27(33)17-24-28(34)32(18-20-8-6-5-7-9-20)29(38)31(24)19-21-10-15-25(35-2)26(16-21)36-3/h5-16,24H,4,17-19H2,1-3H3,(H,30,33). The van der Waals surface area contributed by atoms with Crippen molar-refractivity contribution < 1.29 is 23.8 Å². The highest BCUT2D eigenvalue weighted by Gasteiger charge is 2.43. The van der Waals surface area contributed by atoms with Crippen molar-refractivity contribution in [2.75, 3.05) is 26.1 Å². The van der Waals surface area contributed by atoms with E-state index in [1.54, 1.807) is 48.3 Å². The zero-order chi connectivity index (χ0) is 27.1. The van der Waals surface area contributed by atoms with Gasteiger partial charge in [0.15, 0.2) is 16.6 Å². The van der Waals surface area contributed by atoms with E-state index in [0.29, 0.717) is 42.0 Å². The van der Waals surface area contributed by atoms with E-state index in [-0.39, 0.29) is 18.2 Å². The minimum Gasteiger partial charge on any atom is -0.494 e. The summed E-state index contributed by atoms with van der Waals surface area (Å²) in [5, 5.41) is 3.27. The molecule has 38 heavy (non-hydrogen) atoms. The van der Waals surface area contributed by atoms with Gasteiger partial charge in [0, 0.05) is 12.2 Å². The first-order chi connectivity index (χ1) is 18.4. The number of methoxy groups -OCH3 is 2. The van der Waals surface area contributed by atoms with E-state index in [1.807, 2.05) is 55.5 Å². The van der Waals surface area contributed by atoms with Crippen molar-refractivity contribution in [1.82, 2.24) is 9.80 Å². The number of benzene rings is 3. The molecule has 9 heteroatoms. The van der Waals surface area contributed by atoms with Gasteiger partial charge in [0.25, 0.3) is 5.91 Å². The Hall–Kier alpha value is -4.11. The number of anilines is 1. The van der Waals surface area contributed by atoms with Gasteiger partial charge in [-0.2, -0.15) is 0 Å². The van der Waals surface area contributed by atoms with E-state index >= 15 is 0 Å². The van der Waals surface area contributed by atoms with Gasteiger partial charge in [0.2, 0.25) is 5.91 Å². The molecule has 0 bridgehead atoms. The molecular weight excluding hydrogens is 502 g/mol. The molecule has 8 nitrogen and oxygen atoms in total. The Balaban J connectivity index is 1.55. The normalized spacial score (nSPS) is 15.0. The van der Waals surface area contributed by atoms with E-state index in [4.69, 9.17) is 26.4 Å². The number of nitrogens with zero attached hydrogens (tertiary/aromatic N) is 2. The molecule has 1 aliphatic rings. The van der Waals surface area contributed by atoms with E-state index in [2.05, 4.69) is 5.32 Å². The Morgan fingerprint density at radius 1 is 0.921 bits per heavy atom. The number of thiocarbonyl (C=S) groups is 1. The van der Waals surface area contributed by atoms with Crippen LogP contribution in [0, 0.1) is 0 Å². The van der Waals surface area contributed by atoms with Crippen LogP contribution in [0.4, 0.5) is 5.69 Å². The number of hydrogen-bond acceptors (Lipinski definition) is 6. The number of amides is 2. The predicted octanol–water partition coefficient (Wildman–Crippen LogP) is 4.63. The van der Waals surface area contributed by atoms with Crippen LogP contribution in [0.5, 0.6) is 17.2 Å². The summed E-state index contributed by atoms with van der Waals surface area (Å²) in [4.78, 5) is 30.0. The number of hydrogen-bond donors (Lipinski definition) is 1. The largest absolute Gasteiger partial charge is 0.494 e. The fraction of sp³-hybridized carbons (Fsp3) is 0.276. The summed E-state index contributed by atoms with van der Waals surface area (Å²) in [6.07, 6.45) is -0.0508. The van der Waals surface area contributed by atoms with Gasteiger partial charge in [0.1, 0.15) is 11.8 Å². The van der Waals surface area contributed by atoms with Crippen LogP contribution >= 0.6 is 12.2 Å². The van der Waals surface area contributed by atoms with Crippen LogP contribution in [0.1, 0.15) is 24.5 Å². The summed E-state index contributed by atoms with van der Waals surface area (Å²) in [7, 11) is 3.15. The molecular formula is C29H31N3O5S. The average molecular weight is 534 g/mol. The minimum atomic E-state index is -0.748. The molecule has 3 aromatic rings. The predicted molar refractivity (Wildman–Crippen MR) is 149 cm³/mol. The number of ether oxygens (including phenoxy) is 3. The third-order valence-corrected chi connectivity index (χ3v) is 6.67. The lowest BCUT2D eigenvalue weighted by atomic mass is 10.1. The molecule has 4 rings (SSSR count). The van der Waals surface area contributed by atoms with Gasteiger partial charge in [-0.15, -0.1) is 0 Å². The van der Waals surface area contributed by atoms with Crippen molar-refractivity contribution in [1.29, 1.82) is 0 Å². The van der Waals surface area contributed by atoms with Crippen molar-refractivity contribution in [2.45, 2.75) is 32.5 Å². The Morgan fingerprint density at radius 2 is 1.63 bits per heavy atom. The maximum Gasteiger partial charge on any atom is 0.252 e. The summed E-state index contributed by atoms with van der Waals surface area (Å²) in [6, 6.07) is 21.6. The zero-order valence-electron chi connectivity index (χ0n) is 21.7. The molecule has 0 radical (unpaired) electrons. The lowest BCUT2D eigenvalue weighted by Gasteiger charge is -2.24. The van der Waals surface area contributed by atoms with Crippen LogP contribution in [0.25, 0.3) is 0 Å². The molecule has 0 saturated carbocycles. The Labute approximate surface area is 228 Å². The van der Waals surface area contributed by atoms with Crippen LogP contribution < -0.4 is 19.5 Å². The van der Waals surface area contributed by atoms with Crippen molar-refractivity contribution in [3.05, 3.63) is 83.9 Å². The third kappa shape index (κ3) is 6.23. The molecule has 1 heterocycles. The number of nitrogens with one attached hydrogen (secondary N) is 1. The number of carbonyl (C=O) groups excluding carboxylic acids is 2. The van der Waals surface area contributed by atoms with Gasteiger partial charge in [0.05, 0.1) is 33.8 Å². The molecule has 1 unspecified atom stereocenters. The van der Waals surface area contributed by atoms with Gasteiger partial charge in [-0.25, -0.2) is 0 Å². The molecule has 0 spiro atoms. The molecule has 0 aromatic heterocycles. The Bertz CT molecular complexity index is 1280. The highest BCUT2D eigenvalue weighted by Crippen LogP contribution is 2.31. The number of carbonyl (C=O) groups is 2. The summed E-state index contributed by atoms with van der Waals surface area (Å²) in [5.41, 5.74) is 2.45. The Kier molecular flexibility index (Phi) is 8.81. The van der Waals surface area contributed by atoms with E-state index in [9.17, 15) is 9.59 Å². The van der Waals surface area contributed by atoms with Gasteiger partial charge in [-0.1, -0.05) is 36.4 Å². The van der Waals surface area contributed by atoms with Gasteiger partial charge >= 0.3 is 0 Å². The van der Waals surface area contributed by atoms with Crippen molar-refractivity contribution >= 4 is 34.8 Å². The maximum absolute atomic E-state index is 13.6. The molecule has 1 aliphatic heterocycles. The SMILES string of the molecule is CCOc1ccc(NC(=O)CC2C(=O)N(Cc3ccccc3)C(=S)N2Cc2ccc(OC)c(OC)c2)cc1. The second kappa shape index (κ2) is 12.4. The van der Waals surface area contributed by atoms with Crippen LogP contribution in [-0.4, -0.2) is 53.6 Å². The first-order valence-electron chi connectivity index (χ1n) is 12.3. The maximum atomic E-state index is 13.6. The lowest BCUT2D eigenvalue weighted by molar-refractivity contribution is -0.131. The highest BCUT2D eigenvalue weighted by atomic mass is 32.1. The fourth-order valence-corrected chi connectivity index (χ4v) is 4.69. The lowest BCUT2D eigenvalue weighted by Crippen LogP contribution is -2.37. The molecule has 0 aliphatic carbocycles. The third-order valence-electron chi connectivity index (χ3n) is 6.22. The molecule has 1 fully saturated rings. The highest BCUT2D eigenvalue weighted by molar-refractivity contribution is 7.80. The molecule has 1 atom stereocenters. The second-order valence-corrected chi connectivity index (χ2v) is 9.10. The summed E-state index contributed by atoms with van der Waals surface area (Å²) in [5.74, 6) is 1.41. The summed E-state index contributed by atoms with van der Waals surface area (Å²) in [6.45, 7) is 3.13. The smallest absolute Gasteiger partial charge is 0.252 e. The first kappa shape index (κ1) is 26.9. The monoisotopic (exact) mass is 533 g/mol. The van der Waals surface area contributed by atoms with Crippen LogP contribution in [0.3, 0.4) is 0 Å². The molecule has 198 valence electrons. The quantitative estimate of drug-likeness (QED) is 0.360. The van der Waals surface area contributed by atoms with Crippen LogP contribution in [0.2, 0.25) is 0 Å². The second-order valence-electron chi connectivity index (χ2n) is 8.74. The average Bonchev–Trinajstić information content (AvgIpc) is 3.14. The molecule has 2 amide bonds. The van der Waals surface area contributed by atoms with Crippen molar-refractivity contribution in [3.63, 3.8) is 0 Å². The minimum absolute atomic E-state index is 0.0508. The fourth-order valence-electron chi connectivity index (χ4n) is 4.35. The van der Waals surface area contributed by atoms with Gasteiger partial charge in [-0.3, -0.25) is 14.5 Å². The van der Waals surface area contributed by atoms with Crippen molar-refractivity contribution in [3.8, 4) is 17.2 Å². The molecule has 1 saturated heterocycles. The van der Waals surface area contributed by atoms with Crippen molar-refractivity contribution in [2.24, 2.45) is 0 Å². The molecule has 1 N–H and O–H groups in total. The zero-order valence-corrected chi connectivity index (χ0v) is 22.5. The van der Waals surface area contributed by atoms with E-state index in [1.165, 1.54) is 0 Å². The van der Waals surface area contributed by atoms with Gasteiger partial charge in [-0.05, 0) is 66.7 Å². The van der Waals surface area contributed by atoms with Crippen LogP contribution in [0.15, 0.2) is 72.8 Å². The van der Waals surface area contributed by atoms with E-state index < -0.39 is 6.04 Å². The number of rotatable bonds is 11. The summed E-state index contributed by atoms with van der Waals surface area (Å²) >= 11 is 5.78.